The number of benzene rings is 3. The van der Waals surface area contributed by atoms with Gasteiger partial charge in [0.05, 0.1) is 0 Å². The van der Waals surface area contributed by atoms with Crippen molar-refractivity contribution in [3.05, 3.63) is 107 Å². The van der Waals surface area contributed by atoms with E-state index >= 15 is 0 Å². The third-order valence-corrected chi connectivity index (χ3v) is 6.02. The molecule has 0 aliphatic carbocycles. The summed E-state index contributed by atoms with van der Waals surface area (Å²) in [6, 6.07) is 22.1. The molecule has 0 bridgehead atoms. The first-order valence-corrected chi connectivity index (χ1v) is 10.2. The van der Waals surface area contributed by atoms with Crippen LogP contribution in [0, 0.1) is 13.8 Å². The number of hydrogen-bond acceptors (Lipinski definition) is 3. The summed E-state index contributed by atoms with van der Waals surface area (Å²) in [5.74, 6) is -0.733. The number of carbonyl (C=O) groups excluding carboxylic acids is 3. The minimum Gasteiger partial charge on any atom is -0.315 e. The van der Waals surface area contributed by atoms with Gasteiger partial charge in [0.1, 0.15) is 6.04 Å². The molecule has 156 valence electrons. The summed E-state index contributed by atoms with van der Waals surface area (Å²) in [6.45, 7) is 5.50. The topological polar surface area (TPSA) is 66.5 Å². The van der Waals surface area contributed by atoms with Crippen molar-refractivity contribution in [3.63, 3.8) is 0 Å². The molecule has 1 saturated heterocycles. The van der Waals surface area contributed by atoms with Crippen LogP contribution in [0.25, 0.3) is 0 Å². The summed E-state index contributed by atoms with van der Waals surface area (Å²) >= 11 is 0. The third-order valence-electron chi connectivity index (χ3n) is 6.02. The number of imide groups is 1. The lowest BCUT2D eigenvalue weighted by atomic mass is 9.82. The van der Waals surface area contributed by atoms with E-state index in [0.717, 1.165) is 16.0 Å². The van der Waals surface area contributed by atoms with Crippen LogP contribution < -0.4 is 5.32 Å². The smallest absolute Gasteiger partial charge is 0.315 e. The van der Waals surface area contributed by atoms with E-state index in [-0.39, 0.29) is 5.78 Å². The van der Waals surface area contributed by atoms with Gasteiger partial charge < -0.3 is 5.32 Å². The fourth-order valence-electron chi connectivity index (χ4n) is 4.09. The Labute approximate surface area is 181 Å². The van der Waals surface area contributed by atoms with Gasteiger partial charge in [-0.15, -0.1) is 0 Å². The molecule has 4 rings (SSSR count). The number of carbonyl (C=O) groups is 3. The second-order valence-corrected chi connectivity index (χ2v) is 7.93. The van der Waals surface area contributed by atoms with Crippen LogP contribution in [0.2, 0.25) is 0 Å². The van der Waals surface area contributed by atoms with Crippen LogP contribution in [-0.2, 0) is 10.3 Å². The van der Waals surface area contributed by atoms with Crippen molar-refractivity contribution in [3.8, 4) is 0 Å². The SMILES string of the molecule is Cc1ccc(C(=O)C(C)N2C(=O)NC(c3ccccc3)(c3ccccc3)C2=O)cc1C. The summed E-state index contributed by atoms with van der Waals surface area (Å²) in [5, 5.41) is 2.89. The summed E-state index contributed by atoms with van der Waals surface area (Å²) in [7, 11) is 0. The highest BCUT2D eigenvalue weighted by Gasteiger charge is 2.55. The Balaban J connectivity index is 1.77. The minimum absolute atomic E-state index is 0.275. The molecule has 3 aromatic carbocycles. The van der Waals surface area contributed by atoms with Gasteiger partial charge in [0.15, 0.2) is 11.3 Å². The van der Waals surface area contributed by atoms with Crippen LogP contribution in [0.1, 0.15) is 39.5 Å². The van der Waals surface area contributed by atoms with Gasteiger partial charge in [-0.1, -0.05) is 72.8 Å². The molecular weight excluding hydrogens is 388 g/mol. The zero-order valence-electron chi connectivity index (χ0n) is 17.8. The zero-order valence-corrected chi connectivity index (χ0v) is 17.8. The van der Waals surface area contributed by atoms with Crippen LogP contribution in [-0.4, -0.2) is 28.7 Å². The number of Topliss-reactive ketones (excluding diaryl/α,β-unsaturated/α-hetero) is 1. The van der Waals surface area contributed by atoms with E-state index < -0.39 is 23.5 Å². The lowest BCUT2D eigenvalue weighted by Gasteiger charge is -2.29. The summed E-state index contributed by atoms with van der Waals surface area (Å²) < 4.78 is 0. The van der Waals surface area contributed by atoms with Crippen molar-refractivity contribution in [2.75, 3.05) is 0 Å². The number of hydrogen-bond donors (Lipinski definition) is 1. The van der Waals surface area contributed by atoms with Crippen LogP contribution in [0.3, 0.4) is 0 Å². The Kier molecular flexibility index (Phi) is 5.19. The lowest BCUT2D eigenvalue weighted by molar-refractivity contribution is -0.131. The highest BCUT2D eigenvalue weighted by molar-refractivity contribution is 6.14. The van der Waals surface area contributed by atoms with Crippen LogP contribution in [0.4, 0.5) is 4.79 Å². The molecule has 3 amide bonds. The molecule has 1 N–H and O–H groups in total. The van der Waals surface area contributed by atoms with Crippen molar-refractivity contribution in [2.45, 2.75) is 32.4 Å². The molecule has 3 aromatic rings. The molecule has 5 nitrogen and oxygen atoms in total. The van der Waals surface area contributed by atoms with E-state index in [1.807, 2.05) is 80.6 Å². The summed E-state index contributed by atoms with van der Waals surface area (Å²) in [6.07, 6.45) is 0. The average molecular weight is 412 g/mol. The van der Waals surface area contributed by atoms with Gasteiger partial charge >= 0.3 is 6.03 Å². The predicted octanol–water partition coefficient (Wildman–Crippen LogP) is 4.37. The molecule has 0 radical (unpaired) electrons. The Morgan fingerprint density at radius 3 is 1.90 bits per heavy atom. The van der Waals surface area contributed by atoms with Gasteiger partial charge in [0, 0.05) is 5.56 Å². The highest BCUT2D eigenvalue weighted by atomic mass is 16.2. The quantitative estimate of drug-likeness (QED) is 0.500. The molecule has 1 aliphatic heterocycles. The number of amides is 3. The Hall–Kier alpha value is -3.73. The van der Waals surface area contributed by atoms with E-state index in [2.05, 4.69) is 5.32 Å². The number of ketones is 1. The van der Waals surface area contributed by atoms with Crippen molar-refractivity contribution < 1.29 is 14.4 Å². The number of urea groups is 1. The standard InChI is InChI=1S/C26H24N2O3/c1-17-14-15-20(16-18(17)2)23(29)19(3)28-24(30)26(27-25(28)31,21-10-6-4-7-11-21)22-12-8-5-9-13-22/h4-16,19H,1-3H3,(H,27,31). The van der Waals surface area contributed by atoms with Gasteiger partial charge in [-0.25, -0.2) is 4.79 Å². The van der Waals surface area contributed by atoms with Crippen LogP contribution >= 0.6 is 0 Å². The maximum atomic E-state index is 13.8. The molecule has 1 aliphatic rings. The normalized spacial score (nSPS) is 16.2. The molecule has 1 fully saturated rings. The van der Waals surface area contributed by atoms with Gasteiger partial charge in [-0.05, 0) is 49.1 Å². The second kappa shape index (κ2) is 7.84. The monoisotopic (exact) mass is 412 g/mol. The molecule has 1 heterocycles. The van der Waals surface area contributed by atoms with E-state index in [1.54, 1.807) is 19.1 Å². The number of nitrogens with zero attached hydrogens (tertiary/aromatic N) is 1. The second-order valence-electron chi connectivity index (χ2n) is 7.93. The maximum absolute atomic E-state index is 13.8. The van der Waals surface area contributed by atoms with E-state index in [1.165, 1.54) is 0 Å². The molecule has 0 aromatic heterocycles. The molecule has 0 saturated carbocycles. The number of aryl methyl sites for hydroxylation is 2. The first-order valence-electron chi connectivity index (χ1n) is 10.2. The fourth-order valence-corrected chi connectivity index (χ4v) is 4.09. The predicted molar refractivity (Wildman–Crippen MR) is 119 cm³/mol. The Morgan fingerprint density at radius 2 is 1.39 bits per heavy atom. The molecule has 31 heavy (non-hydrogen) atoms. The largest absolute Gasteiger partial charge is 0.326 e. The number of rotatable bonds is 5. The van der Waals surface area contributed by atoms with Gasteiger partial charge in [0.2, 0.25) is 0 Å². The van der Waals surface area contributed by atoms with E-state index in [9.17, 15) is 14.4 Å². The average Bonchev–Trinajstić information content (AvgIpc) is 3.06. The van der Waals surface area contributed by atoms with Gasteiger partial charge in [0.25, 0.3) is 5.91 Å². The maximum Gasteiger partial charge on any atom is 0.326 e. The van der Waals surface area contributed by atoms with Gasteiger partial charge in [-0.2, -0.15) is 0 Å². The van der Waals surface area contributed by atoms with Crippen LogP contribution in [0.15, 0.2) is 78.9 Å². The first kappa shape index (κ1) is 20.5. The molecule has 1 unspecified atom stereocenters. The molecule has 0 spiro atoms. The zero-order chi connectivity index (χ0) is 22.2. The van der Waals surface area contributed by atoms with Crippen molar-refractivity contribution in [1.82, 2.24) is 10.2 Å². The number of nitrogens with one attached hydrogen (secondary N) is 1. The first-order chi connectivity index (χ1) is 14.9. The highest BCUT2D eigenvalue weighted by Crippen LogP contribution is 2.37. The summed E-state index contributed by atoms with van der Waals surface area (Å²) in [4.78, 5) is 41.2. The third kappa shape index (κ3) is 3.32. The molecule has 5 heteroatoms. The molecular formula is C26H24N2O3. The lowest BCUT2D eigenvalue weighted by Crippen LogP contribution is -2.47. The van der Waals surface area contributed by atoms with Crippen molar-refractivity contribution >= 4 is 17.7 Å². The van der Waals surface area contributed by atoms with Crippen molar-refractivity contribution in [1.29, 1.82) is 0 Å². The van der Waals surface area contributed by atoms with Crippen LogP contribution in [0.5, 0.6) is 0 Å². The Bertz CT molecular complexity index is 1120. The molecule has 1 atom stereocenters. The fraction of sp³-hybridized carbons (Fsp3) is 0.192. The minimum atomic E-state index is -1.38. The van der Waals surface area contributed by atoms with E-state index in [0.29, 0.717) is 16.7 Å². The van der Waals surface area contributed by atoms with E-state index in [4.69, 9.17) is 0 Å². The Morgan fingerprint density at radius 1 is 0.839 bits per heavy atom. The van der Waals surface area contributed by atoms with Gasteiger partial charge in [-0.3, -0.25) is 14.5 Å². The van der Waals surface area contributed by atoms with Crippen molar-refractivity contribution in [2.24, 2.45) is 0 Å². The summed E-state index contributed by atoms with van der Waals surface area (Å²) in [5.41, 5.74) is 2.45.